The Kier molecular flexibility index (Phi) is 2.72. The average molecular weight is 241 g/mol. The van der Waals surface area contributed by atoms with Crippen LogP contribution in [0.15, 0.2) is 24.3 Å². The molecule has 0 aliphatic carbocycles. The van der Waals surface area contributed by atoms with Crippen molar-refractivity contribution in [3.63, 3.8) is 0 Å². The minimum Gasteiger partial charge on any atom is -0.235 e. The van der Waals surface area contributed by atoms with E-state index in [1.54, 1.807) is 4.68 Å². The summed E-state index contributed by atoms with van der Waals surface area (Å²) in [4.78, 5) is 0. The Morgan fingerprint density at radius 3 is 2.33 bits per heavy atom. The zero-order valence-electron chi connectivity index (χ0n) is 8.46. The van der Waals surface area contributed by atoms with E-state index in [0.29, 0.717) is 10.0 Å². The Balaban J connectivity index is 2.65. The van der Waals surface area contributed by atoms with Crippen LogP contribution in [0.2, 0.25) is 10.0 Å². The first-order chi connectivity index (χ1) is 7.11. The summed E-state index contributed by atoms with van der Waals surface area (Å²) < 4.78 is 1.76. The van der Waals surface area contributed by atoms with Crippen LogP contribution in [-0.4, -0.2) is 9.78 Å². The van der Waals surface area contributed by atoms with Crippen LogP contribution in [0.5, 0.6) is 0 Å². The molecule has 1 aromatic heterocycles. The summed E-state index contributed by atoms with van der Waals surface area (Å²) in [5, 5.41) is 5.70. The molecule has 0 saturated heterocycles. The average Bonchev–Trinajstić information content (AvgIpc) is 2.47. The molecule has 4 heteroatoms. The number of rotatable bonds is 1. The van der Waals surface area contributed by atoms with Crippen LogP contribution in [0.4, 0.5) is 0 Å². The predicted octanol–water partition coefficient (Wildman–Crippen LogP) is 3.80. The van der Waals surface area contributed by atoms with E-state index in [0.717, 1.165) is 17.1 Å². The van der Waals surface area contributed by atoms with Crippen molar-refractivity contribution in [3.8, 4) is 5.69 Å². The maximum Gasteiger partial charge on any atom is 0.0848 e. The number of halogens is 2. The van der Waals surface area contributed by atoms with Crippen LogP contribution in [0.1, 0.15) is 11.4 Å². The third kappa shape index (κ3) is 1.75. The summed E-state index contributed by atoms with van der Waals surface area (Å²) in [6.07, 6.45) is 0. The van der Waals surface area contributed by atoms with Crippen LogP contribution < -0.4 is 0 Å². The third-order valence-electron chi connectivity index (χ3n) is 2.28. The number of aryl methyl sites for hydroxylation is 1. The zero-order valence-corrected chi connectivity index (χ0v) is 9.97. The maximum atomic E-state index is 6.09. The Morgan fingerprint density at radius 2 is 1.80 bits per heavy atom. The van der Waals surface area contributed by atoms with Gasteiger partial charge in [-0.05, 0) is 26.0 Å². The molecule has 2 nitrogen and oxygen atoms in total. The first-order valence-electron chi connectivity index (χ1n) is 4.58. The molecule has 0 N–H and O–H groups in total. The van der Waals surface area contributed by atoms with Crippen molar-refractivity contribution in [1.82, 2.24) is 9.78 Å². The highest BCUT2D eigenvalue weighted by Gasteiger charge is 2.12. The Bertz CT molecular complexity index is 503. The molecule has 1 aromatic carbocycles. The van der Waals surface area contributed by atoms with Gasteiger partial charge in [-0.25, -0.2) is 4.68 Å². The minimum atomic E-state index is 0.666. The Labute approximate surface area is 98.4 Å². The largest absolute Gasteiger partial charge is 0.235 e. The van der Waals surface area contributed by atoms with Crippen LogP contribution in [-0.2, 0) is 0 Å². The van der Waals surface area contributed by atoms with E-state index in [2.05, 4.69) is 5.10 Å². The first-order valence-corrected chi connectivity index (χ1v) is 5.33. The van der Waals surface area contributed by atoms with E-state index < -0.39 is 0 Å². The summed E-state index contributed by atoms with van der Waals surface area (Å²) in [5.41, 5.74) is 2.57. The van der Waals surface area contributed by atoms with Gasteiger partial charge in [-0.3, -0.25) is 0 Å². The molecule has 0 unspecified atom stereocenters. The van der Waals surface area contributed by atoms with Crippen molar-refractivity contribution >= 4 is 23.2 Å². The highest BCUT2D eigenvalue weighted by Crippen LogP contribution is 2.26. The lowest BCUT2D eigenvalue weighted by atomic mass is 10.3. The molecule has 15 heavy (non-hydrogen) atoms. The zero-order chi connectivity index (χ0) is 11.0. The number of para-hydroxylation sites is 1. The maximum absolute atomic E-state index is 6.09. The minimum absolute atomic E-state index is 0.666. The summed E-state index contributed by atoms with van der Waals surface area (Å²) in [5.74, 6) is 0. The quantitative estimate of drug-likeness (QED) is 0.742. The molecule has 2 aromatic rings. The van der Waals surface area contributed by atoms with Crippen molar-refractivity contribution < 1.29 is 0 Å². The van der Waals surface area contributed by atoms with E-state index in [-0.39, 0.29) is 0 Å². The number of hydrogen-bond acceptors (Lipinski definition) is 1. The molecule has 0 aliphatic heterocycles. The van der Waals surface area contributed by atoms with Crippen molar-refractivity contribution in [1.29, 1.82) is 0 Å². The number of aromatic nitrogens is 2. The van der Waals surface area contributed by atoms with E-state index in [4.69, 9.17) is 23.2 Å². The molecule has 0 amide bonds. The summed E-state index contributed by atoms with van der Waals surface area (Å²) in [6.45, 7) is 3.80. The SMILES string of the molecule is Cc1nn(-c2ccccc2Cl)c(C)c1Cl. The first kappa shape index (κ1) is 10.5. The van der Waals surface area contributed by atoms with E-state index >= 15 is 0 Å². The predicted molar refractivity (Wildman–Crippen MR) is 63.1 cm³/mol. The smallest absolute Gasteiger partial charge is 0.0848 e. The molecule has 0 radical (unpaired) electrons. The second kappa shape index (κ2) is 3.87. The molecular weight excluding hydrogens is 231 g/mol. The molecule has 0 spiro atoms. The fraction of sp³-hybridized carbons (Fsp3) is 0.182. The highest BCUT2D eigenvalue weighted by atomic mass is 35.5. The standard InChI is InChI=1S/C11H10Cl2N2/c1-7-11(13)8(2)15(14-7)10-6-4-3-5-9(10)12/h3-6H,1-2H3. The number of benzene rings is 1. The highest BCUT2D eigenvalue weighted by molar-refractivity contribution is 6.33. The molecule has 0 bridgehead atoms. The topological polar surface area (TPSA) is 17.8 Å². The molecule has 0 aliphatic rings. The van der Waals surface area contributed by atoms with Crippen LogP contribution in [0.25, 0.3) is 5.69 Å². The Morgan fingerprint density at radius 1 is 1.13 bits per heavy atom. The van der Waals surface area contributed by atoms with Crippen molar-refractivity contribution in [2.45, 2.75) is 13.8 Å². The third-order valence-corrected chi connectivity index (χ3v) is 3.15. The fourth-order valence-electron chi connectivity index (χ4n) is 1.48. The molecule has 0 fully saturated rings. The van der Waals surface area contributed by atoms with Gasteiger partial charge in [-0.15, -0.1) is 0 Å². The van der Waals surface area contributed by atoms with E-state index in [1.807, 2.05) is 38.1 Å². The van der Waals surface area contributed by atoms with Gasteiger partial charge >= 0.3 is 0 Å². The van der Waals surface area contributed by atoms with Crippen molar-refractivity contribution in [2.75, 3.05) is 0 Å². The van der Waals surface area contributed by atoms with Gasteiger partial charge in [0.2, 0.25) is 0 Å². The van der Waals surface area contributed by atoms with Crippen molar-refractivity contribution in [2.24, 2.45) is 0 Å². The van der Waals surface area contributed by atoms with Gasteiger partial charge < -0.3 is 0 Å². The molecular formula is C11H10Cl2N2. The lowest BCUT2D eigenvalue weighted by Crippen LogP contribution is -1.99. The van der Waals surface area contributed by atoms with Gasteiger partial charge in [0.1, 0.15) is 0 Å². The monoisotopic (exact) mass is 240 g/mol. The Hall–Kier alpha value is -0.990. The van der Waals surface area contributed by atoms with Crippen LogP contribution in [0.3, 0.4) is 0 Å². The summed E-state index contributed by atoms with van der Waals surface area (Å²) >= 11 is 12.2. The van der Waals surface area contributed by atoms with Crippen LogP contribution >= 0.6 is 23.2 Å². The fourth-order valence-corrected chi connectivity index (χ4v) is 1.82. The summed E-state index contributed by atoms with van der Waals surface area (Å²) in [7, 11) is 0. The second-order valence-corrected chi connectivity index (χ2v) is 4.13. The van der Waals surface area contributed by atoms with Gasteiger partial charge in [0.05, 0.1) is 27.1 Å². The van der Waals surface area contributed by atoms with Gasteiger partial charge in [0.15, 0.2) is 0 Å². The van der Waals surface area contributed by atoms with Gasteiger partial charge in [0, 0.05) is 0 Å². The summed E-state index contributed by atoms with van der Waals surface area (Å²) in [6, 6.07) is 7.56. The normalized spacial score (nSPS) is 10.7. The van der Waals surface area contributed by atoms with Gasteiger partial charge in [-0.1, -0.05) is 35.3 Å². The number of nitrogens with zero attached hydrogens (tertiary/aromatic N) is 2. The van der Waals surface area contributed by atoms with E-state index in [1.165, 1.54) is 0 Å². The lowest BCUT2D eigenvalue weighted by Gasteiger charge is -2.05. The van der Waals surface area contributed by atoms with Gasteiger partial charge in [0.25, 0.3) is 0 Å². The molecule has 0 atom stereocenters. The van der Waals surface area contributed by atoms with Crippen LogP contribution in [0, 0.1) is 13.8 Å². The molecule has 2 rings (SSSR count). The molecule has 78 valence electrons. The van der Waals surface area contributed by atoms with Crippen molar-refractivity contribution in [3.05, 3.63) is 45.7 Å². The second-order valence-electron chi connectivity index (χ2n) is 3.35. The lowest BCUT2D eigenvalue weighted by molar-refractivity contribution is 0.834. The van der Waals surface area contributed by atoms with E-state index in [9.17, 15) is 0 Å². The molecule has 0 saturated carbocycles. The number of hydrogen-bond donors (Lipinski definition) is 0. The molecule has 1 heterocycles. The van der Waals surface area contributed by atoms with Gasteiger partial charge in [-0.2, -0.15) is 5.10 Å².